The van der Waals surface area contributed by atoms with E-state index >= 15 is 0 Å². The van der Waals surface area contributed by atoms with Crippen LogP contribution in [-0.4, -0.2) is 43.6 Å². The van der Waals surface area contributed by atoms with Gasteiger partial charge in [-0.25, -0.2) is 4.79 Å². The van der Waals surface area contributed by atoms with Crippen LogP contribution in [0, 0.1) is 12.3 Å². The minimum Gasteiger partial charge on any atom is -0.372 e. The number of hydrogen-bond acceptors (Lipinski definition) is 4. The van der Waals surface area contributed by atoms with Gasteiger partial charge in [-0.2, -0.15) is 4.48 Å². The Morgan fingerprint density at radius 2 is 1.83 bits per heavy atom. The number of urea groups is 1. The van der Waals surface area contributed by atoms with Crippen LogP contribution in [0.4, 0.5) is 16.2 Å². The summed E-state index contributed by atoms with van der Waals surface area (Å²) in [5.74, 6) is 1.95. The van der Waals surface area contributed by atoms with Crippen LogP contribution in [-0.2, 0) is 19.9 Å². The predicted octanol–water partition coefficient (Wildman–Crippen LogP) is 2.76. The highest BCUT2D eigenvalue weighted by Gasteiger charge is 2.68. The number of hydrogen-bond donors (Lipinski definition) is 2. The number of carbonyl (C=O) groups is 3. The zero-order valence-corrected chi connectivity index (χ0v) is 19.9. The van der Waals surface area contributed by atoms with Crippen LogP contribution in [0.1, 0.15) is 43.7 Å². The maximum atomic E-state index is 13.4. The summed E-state index contributed by atoms with van der Waals surface area (Å²) in [5.41, 5.74) is 13.1. The zero-order chi connectivity index (χ0) is 25.2. The fourth-order valence-corrected chi connectivity index (χ4v) is 5.67. The van der Waals surface area contributed by atoms with Gasteiger partial charge in [0.1, 0.15) is 18.3 Å². The molecule has 4 N–H and O–H groups in total. The first-order valence-corrected chi connectivity index (χ1v) is 11.9. The molecule has 2 aromatic carbocycles. The molecule has 182 valence electrons. The van der Waals surface area contributed by atoms with Crippen molar-refractivity contribution in [1.82, 2.24) is 4.48 Å². The third kappa shape index (κ3) is 3.87. The van der Waals surface area contributed by atoms with Crippen molar-refractivity contribution in [2.75, 3.05) is 24.6 Å². The molecule has 2 aliphatic rings. The number of terminal acetylenes is 1. The largest absolute Gasteiger partial charge is 0.420 e. The van der Waals surface area contributed by atoms with Gasteiger partial charge >= 0.3 is 6.03 Å². The number of likely N-dealkylation sites (tertiary alicyclic amines) is 1. The molecule has 2 aromatic rings. The normalized spacial score (nSPS) is 26.3. The number of nitrogens with zero attached hydrogens (tertiary/aromatic N) is 2. The molecule has 2 fully saturated rings. The molecule has 3 atom stereocenters. The van der Waals surface area contributed by atoms with E-state index in [0.29, 0.717) is 36.4 Å². The number of benzene rings is 2. The lowest BCUT2D eigenvalue weighted by atomic mass is 9.83. The van der Waals surface area contributed by atoms with E-state index in [1.807, 2.05) is 6.92 Å². The maximum absolute atomic E-state index is 13.4. The molecule has 2 heterocycles. The molecule has 8 heteroatoms. The fourth-order valence-electron chi connectivity index (χ4n) is 5.67. The second-order valence-corrected chi connectivity index (χ2v) is 9.08. The van der Waals surface area contributed by atoms with Gasteiger partial charge in [-0.15, -0.1) is 6.42 Å². The monoisotopic (exact) mass is 475 g/mol. The minimum absolute atomic E-state index is 0.0711. The highest BCUT2D eigenvalue weighted by atomic mass is 16.5. The molecular formula is C27H31N4O4+. The van der Waals surface area contributed by atoms with Crippen LogP contribution in [0.5, 0.6) is 0 Å². The molecule has 4 amide bonds. The van der Waals surface area contributed by atoms with Gasteiger partial charge in [0.25, 0.3) is 5.91 Å². The number of piperidine rings is 1. The lowest BCUT2D eigenvalue weighted by Crippen LogP contribution is -2.70. The smallest absolute Gasteiger partial charge is 0.372 e. The summed E-state index contributed by atoms with van der Waals surface area (Å²) in [7, 11) is 0. The van der Waals surface area contributed by atoms with Crippen LogP contribution in [0.2, 0.25) is 0 Å². The number of carbonyl (C=O) groups excluding carboxylic acids is 3. The summed E-state index contributed by atoms with van der Waals surface area (Å²) < 4.78 is 5.40. The van der Waals surface area contributed by atoms with Crippen molar-refractivity contribution in [2.24, 2.45) is 11.5 Å². The van der Waals surface area contributed by atoms with Crippen molar-refractivity contribution >= 4 is 29.2 Å². The minimum atomic E-state index is -1.51. The number of ether oxygens (including phenoxy) is 1. The number of amides is 4. The summed E-state index contributed by atoms with van der Waals surface area (Å²) in [6, 6.07) is 13.3. The zero-order valence-electron chi connectivity index (χ0n) is 19.9. The number of quaternary nitrogens is 1. The van der Waals surface area contributed by atoms with Gasteiger partial charge < -0.3 is 21.1 Å². The van der Waals surface area contributed by atoms with Gasteiger partial charge in [-0.1, -0.05) is 18.1 Å². The van der Waals surface area contributed by atoms with E-state index in [4.69, 9.17) is 22.6 Å². The first kappa shape index (κ1) is 24.5. The Labute approximate surface area is 205 Å². The van der Waals surface area contributed by atoms with Gasteiger partial charge in [0.05, 0.1) is 0 Å². The van der Waals surface area contributed by atoms with Crippen LogP contribution in [0.25, 0.3) is 0 Å². The van der Waals surface area contributed by atoms with Crippen molar-refractivity contribution < 1.29 is 19.1 Å². The van der Waals surface area contributed by atoms with E-state index in [-0.39, 0.29) is 18.9 Å². The molecule has 0 saturated carbocycles. The predicted molar refractivity (Wildman–Crippen MR) is 134 cm³/mol. The highest BCUT2D eigenvalue weighted by molar-refractivity contribution is 6.00. The van der Waals surface area contributed by atoms with Crippen molar-refractivity contribution in [3.8, 4) is 12.3 Å². The lowest BCUT2D eigenvalue weighted by molar-refractivity contribution is -0.127. The summed E-state index contributed by atoms with van der Waals surface area (Å²) in [4.78, 5) is 40.8. The van der Waals surface area contributed by atoms with E-state index in [0.717, 1.165) is 18.5 Å². The van der Waals surface area contributed by atoms with E-state index in [9.17, 15) is 14.4 Å². The summed E-state index contributed by atoms with van der Waals surface area (Å²) >= 11 is 0. The number of primary amides is 2. The van der Waals surface area contributed by atoms with Crippen LogP contribution in [0.3, 0.4) is 0 Å². The first-order chi connectivity index (χ1) is 16.8. The Hall–Kier alpha value is -3.67. The van der Waals surface area contributed by atoms with E-state index in [1.54, 1.807) is 53.4 Å². The average Bonchev–Trinajstić information content (AvgIpc) is 3.22. The SMILES string of the molecule is C#Cc1ccc([N+]2(C(N)=O)C[C@H](OCC)C[C@]2(C(N)=O)c2ccc(N3CCCCC3=O)cc2)cc1. The average molecular weight is 476 g/mol. The van der Waals surface area contributed by atoms with Crippen molar-refractivity contribution in [3.63, 3.8) is 0 Å². The van der Waals surface area contributed by atoms with Gasteiger partial charge in [-0.3, -0.25) is 9.59 Å². The Kier molecular flexibility index (Phi) is 6.66. The first-order valence-electron chi connectivity index (χ1n) is 11.9. The molecule has 1 unspecified atom stereocenters. The highest BCUT2D eigenvalue weighted by Crippen LogP contribution is 2.49. The quantitative estimate of drug-likeness (QED) is 0.494. The molecule has 2 aliphatic heterocycles. The van der Waals surface area contributed by atoms with Gasteiger partial charge in [0.15, 0.2) is 0 Å². The number of anilines is 1. The molecule has 0 aromatic heterocycles. The molecule has 8 nitrogen and oxygen atoms in total. The van der Waals surface area contributed by atoms with E-state index in [1.165, 1.54) is 0 Å². The van der Waals surface area contributed by atoms with Crippen molar-refractivity contribution in [3.05, 3.63) is 59.7 Å². The Morgan fingerprint density at radius 3 is 2.37 bits per heavy atom. The topological polar surface area (TPSA) is 116 Å². The van der Waals surface area contributed by atoms with Gasteiger partial charge in [0.2, 0.25) is 11.4 Å². The molecule has 0 aliphatic carbocycles. The third-order valence-corrected chi connectivity index (χ3v) is 7.29. The Balaban J connectivity index is 1.89. The fraction of sp³-hybridized carbons (Fsp3) is 0.370. The summed E-state index contributed by atoms with van der Waals surface area (Å²) in [5, 5.41) is 0. The van der Waals surface area contributed by atoms with E-state index in [2.05, 4.69) is 5.92 Å². The molecule has 2 saturated heterocycles. The second-order valence-electron chi connectivity index (χ2n) is 9.08. The Bertz CT molecular complexity index is 1170. The second kappa shape index (κ2) is 9.53. The Morgan fingerprint density at radius 1 is 1.14 bits per heavy atom. The summed E-state index contributed by atoms with van der Waals surface area (Å²) in [6.45, 7) is 3.06. The number of nitrogens with two attached hydrogens (primary N) is 2. The summed E-state index contributed by atoms with van der Waals surface area (Å²) in [6.07, 6.45) is 7.59. The number of rotatable bonds is 6. The van der Waals surface area contributed by atoms with Gasteiger partial charge in [0, 0.05) is 54.9 Å². The molecule has 0 bridgehead atoms. The molecule has 4 rings (SSSR count). The van der Waals surface area contributed by atoms with Crippen LogP contribution >= 0.6 is 0 Å². The van der Waals surface area contributed by atoms with E-state index < -0.39 is 28.1 Å². The van der Waals surface area contributed by atoms with Gasteiger partial charge in [-0.05, 0) is 44.0 Å². The third-order valence-electron chi connectivity index (χ3n) is 7.29. The molecule has 35 heavy (non-hydrogen) atoms. The molecular weight excluding hydrogens is 444 g/mol. The molecule has 0 spiro atoms. The van der Waals surface area contributed by atoms with Crippen molar-refractivity contribution in [2.45, 2.75) is 44.2 Å². The lowest BCUT2D eigenvalue weighted by Gasteiger charge is -2.42. The maximum Gasteiger partial charge on any atom is 0.420 e. The molecule has 0 radical (unpaired) electrons. The standard InChI is InChI=1S/C27H30N4O4/c1-3-19-8-14-22(15-9-19)31(26(29)34)18-23(35-4-2)17-27(31,25(28)33)20-10-12-21(13-11-20)30-16-6-5-7-24(30)32/h1,8-15,23H,4-7,16-18H2,2H3,(H3-,28,29,33,34)/p+1/t23-,27-,31?/m1/s1. The van der Waals surface area contributed by atoms with Crippen LogP contribution < -0.4 is 20.9 Å². The van der Waals surface area contributed by atoms with Crippen molar-refractivity contribution in [1.29, 1.82) is 0 Å². The van der Waals surface area contributed by atoms with Crippen LogP contribution in [0.15, 0.2) is 48.5 Å².